The first-order valence-corrected chi connectivity index (χ1v) is 8.93. The number of fused-ring (bicyclic) bond motifs is 3. The summed E-state index contributed by atoms with van der Waals surface area (Å²) in [5.74, 6) is 1.19. The number of ether oxygens (including phenoxy) is 3. The van der Waals surface area contributed by atoms with Gasteiger partial charge < -0.3 is 18.8 Å². The number of hydrogen-bond donors (Lipinski definition) is 0. The molecule has 0 spiro atoms. The van der Waals surface area contributed by atoms with Crippen LogP contribution in [0.2, 0.25) is 0 Å². The van der Waals surface area contributed by atoms with Crippen molar-refractivity contribution in [2.45, 2.75) is 6.10 Å². The summed E-state index contributed by atoms with van der Waals surface area (Å²) in [6, 6.07) is 15.8. The van der Waals surface area contributed by atoms with Crippen molar-refractivity contribution >= 4 is 32.6 Å². The Bertz CT molecular complexity index is 1250. The van der Waals surface area contributed by atoms with Crippen LogP contribution in [0.5, 0.6) is 11.5 Å². The van der Waals surface area contributed by atoms with Crippen molar-refractivity contribution in [2.24, 2.45) is 7.05 Å². The largest absolute Gasteiger partial charge is 0.496 e. The molecule has 0 amide bonds. The van der Waals surface area contributed by atoms with Crippen molar-refractivity contribution < 1.29 is 14.2 Å². The number of rotatable bonds is 4. The third kappa shape index (κ3) is 2.62. The van der Waals surface area contributed by atoms with Crippen LogP contribution < -0.4 is 14.9 Å². The number of pyridine rings is 1. The molecule has 0 aliphatic carbocycles. The molecule has 5 heteroatoms. The van der Waals surface area contributed by atoms with E-state index in [1.165, 1.54) is 0 Å². The fourth-order valence-electron chi connectivity index (χ4n) is 3.62. The molecule has 3 aromatic carbocycles. The van der Waals surface area contributed by atoms with Gasteiger partial charge in [0.25, 0.3) is 0 Å². The summed E-state index contributed by atoms with van der Waals surface area (Å²) in [4.78, 5) is 13.3. The molecule has 1 unspecified atom stereocenters. The number of benzene rings is 3. The molecular formula is C22H19NO4. The number of hydrogen-bond acceptors (Lipinski definition) is 4. The van der Waals surface area contributed by atoms with E-state index in [-0.39, 0.29) is 11.5 Å². The normalized spacial score (nSPS) is 16.1. The SMILES string of the molecule is COc1cc(OCC2CO2)cc2c1c(=O)c1cc3ccccc3cc1n2C. The van der Waals surface area contributed by atoms with E-state index in [4.69, 9.17) is 14.2 Å². The first-order chi connectivity index (χ1) is 13.2. The second kappa shape index (κ2) is 5.99. The molecule has 1 fully saturated rings. The Balaban J connectivity index is 1.82. The molecule has 2 heterocycles. The second-order valence-corrected chi connectivity index (χ2v) is 6.89. The fourth-order valence-corrected chi connectivity index (χ4v) is 3.62. The maximum Gasteiger partial charge on any atom is 0.200 e. The van der Waals surface area contributed by atoms with Crippen LogP contribution in [0.3, 0.4) is 0 Å². The summed E-state index contributed by atoms with van der Waals surface area (Å²) in [7, 11) is 3.54. The number of nitrogens with zero attached hydrogens (tertiary/aromatic N) is 1. The summed E-state index contributed by atoms with van der Waals surface area (Å²) in [6.45, 7) is 1.24. The van der Waals surface area contributed by atoms with Crippen molar-refractivity contribution in [3.8, 4) is 11.5 Å². The Hall–Kier alpha value is -3.05. The Morgan fingerprint density at radius 1 is 1.11 bits per heavy atom. The lowest BCUT2D eigenvalue weighted by atomic mass is 10.0. The van der Waals surface area contributed by atoms with Crippen LogP contribution in [-0.4, -0.2) is 31.0 Å². The lowest BCUT2D eigenvalue weighted by Crippen LogP contribution is -2.11. The van der Waals surface area contributed by atoms with E-state index in [1.807, 2.05) is 41.9 Å². The van der Waals surface area contributed by atoms with Crippen molar-refractivity contribution in [2.75, 3.05) is 20.3 Å². The van der Waals surface area contributed by atoms with Crippen LogP contribution in [0.4, 0.5) is 0 Å². The van der Waals surface area contributed by atoms with Gasteiger partial charge in [0.2, 0.25) is 5.43 Å². The molecule has 4 aromatic rings. The van der Waals surface area contributed by atoms with Gasteiger partial charge in [0.15, 0.2) is 0 Å². The lowest BCUT2D eigenvalue weighted by Gasteiger charge is -2.15. The van der Waals surface area contributed by atoms with Crippen molar-refractivity contribution in [3.05, 3.63) is 58.8 Å². The van der Waals surface area contributed by atoms with Gasteiger partial charge in [-0.2, -0.15) is 0 Å². The zero-order valence-corrected chi connectivity index (χ0v) is 15.2. The number of aromatic nitrogens is 1. The van der Waals surface area contributed by atoms with Gasteiger partial charge in [-0.15, -0.1) is 0 Å². The average Bonchev–Trinajstić information content (AvgIpc) is 3.53. The monoisotopic (exact) mass is 361 g/mol. The van der Waals surface area contributed by atoms with Crippen LogP contribution >= 0.6 is 0 Å². The van der Waals surface area contributed by atoms with Gasteiger partial charge in [-0.25, -0.2) is 0 Å². The van der Waals surface area contributed by atoms with E-state index in [0.29, 0.717) is 28.9 Å². The molecule has 1 aliphatic rings. The van der Waals surface area contributed by atoms with Gasteiger partial charge in [0.1, 0.15) is 24.2 Å². The molecule has 0 radical (unpaired) electrons. The highest BCUT2D eigenvalue weighted by molar-refractivity contribution is 6.03. The van der Waals surface area contributed by atoms with Gasteiger partial charge in [0.05, 0.1) is 30.1 Å². The standard InChI is InChI=1S/C22H19NO4/c1-23-18-8-14-6-4-3-5-13(14)7-17(18)22(24)21-19(23)9-15(10-20(21)25-2)26-11-16-12-27-16/h3-10,16H,11-12H2,1-2H3. The fraction of sp³-hybridized carbons (Fsp3) is 0.227. The van der Waals surface area contributed by atoms with Crippen molar-refractivity contribution in [1.82, 2.24) is 4.57 Å². The highest BCUT2D eigenvalue weighted by Crippen LogP contribution is 2.32. The Kier molecular flexibility index (Phi) is 3.58. The van der Waals surface area contributed by atoms with Crippen LogP contribution in [-0.2, 0) is 11.8 Å². The van der Waals surface area contributed by atoms with Crippen molar-refractivity contribution in [1.29, 1.82) is 0 Å². The molecule has 0 N–H and O–H groups in total. The molecule has 1 saturated heterocycles. The quantitative estimate of drug-likeness (QED) is 0.411. The molecule has 1 aromatic heterocycles. The number of epoxide rings is 1. The molecule has 5 rings (SSSR count). The van der Waals surface area contributed by atoms with Gasteiger partial charge in [-0.1, -0.05) is 24.3 Å². The Morgan fingerprint density at radius 2 is 1.85 bits per heavy atom. The lowest BCUT2D eigenvalue weighted by molar-refractivity contribution is 0.262. The molecule has 1 atom stereocenters. The molecular weight excluding hydrogens is 342 g/mol. The zero-order valence-electron chi connectivity index (χ0n) is 15.2. The van der Waals surface area contributed by atoms with E-state index in [9.17, 15) is 4.79 Å². The number of aryl methyl sites for hydroxylation is 1. The first kappa shape index (κ1) is 16.1. The van der Waals surface area contributed by atoms with E-state index in [0.717, 1.165) is 28.4 Å². The minimum absolute atomic E-state index is 0.0298. The minimum Gasteiger partial charge on any atom is -0.496 e. The van der Waals surface area contributed by atoms with Gasteiger partial charge >= 0.3 is 0 Å². The zero-order chi connectivity index (χ0) is 18.5. The molecule has 27 heavy (non-hydrogen) atoms. The van der Waals surface area contributed by atoms with E-state index < -0.39 is 0 Å². The predicted octanol–water partition coefficient (Wildman–Crippen LogP) is 3.63. The first-order valence-electron chi connectivity index (χ1n) is 8.93. The topological polar surface area (TPSA) is 53.0 Å². The second-order valence-electron chi connectivity index (χ2n) is 6.89. The average molecular weight is 361 g/mol. The van der Waals surface area contributed by atoms with Crippen LogP contribution in [0, 0.1) is 0 Å². The molecule has 0 saturated carbocycles. The summed E-state index contributed by atoms with van der Waals surface area (Å²) in [5.41, 5.74) is 1.64. The maximum absolute atomic E-state index is 13.3. The molecule has 5 nitrogen and oxygen atoms in total. The molecule has 0 bridgehead atoms. The van der Waals surface area contributed by atoms with Crippen LogP contribution in [0.15, 0.2) is 53.3 Å². The smallest absolute Gasteiger partial charge is 0.200 e. The maximum atomic E-state index is 13.3. The number of methoxy groups -OCH3 is 1. The van der Waals surface area contributed by atoms with E-state index in [1.54, 1.807) is 13.2 Å². The van der Waals surface area contributed by atoms with E-state index >= 15 is 0 Å². The highest BCUT2D eigenvalue weighted by atomic mass is 16.6. The molecule has 1 aliphatic heterocycles. The third-order valence-corrected chi connectivity index (χ3v) is 5.17. The van der Waals surface area contributed by atoms with Crippen LogP contribution in [0.25, 0.3) is 32.6 Å². The highest BCUT2D eigenvalue weighted by Gasteiger charge is 2.23. The summed E-state index contributed by atoms with van der Waals surface area (Å²) in [6.07, 6.45) is 0.165. The van der Waals surface area contributed by atoms with Crippen LogP contribution in [0.1, 0.15) is 0 Å². The Morgan fingerprint density at radius 3 is 2.56 bits per heavy atom. The predicted molar refractivity (Wildman–Crippen MR) is 106 cm³/mol. The third-order valence-electron chi connectivity index (χ3n) is 5.17. The summed E-state index contributed by atoms with van der Waals surface area (Å²) < 4.78 is 18.6. The molecule has 136 valence electrons. The minimum atomic E-state index is -0.0298. The van der Waals surface area contributed by atoms with E-state index in [2.05, 4.69) is 12.1 Å². The Labute approximate surface area is 155 Å². The van der Waals surface area contributed by atoms with Gasteiger partial charge in [-0.05, 0) is 22.9 Å². The summed E-state index contributed by atoms with van der Waals surface area (Å²) >= 11 is 0. The van der Waals surface area contributed by atoms with Gasteiger partial charge in [0, 0.05) is 24.6 Å². The van der Waals surface area contributed by atoms with Gasteiger partial charge in [-0.3, -0.25) is 4.79 Å². The summed E-state index contributed by atoms with van der Waals surface area (Å²) in [5, 5.41) is 3.40. The van der Waals surface area contributed by atoms with Crippen molar-refractivity contribution in [3.63, 3.8) is 0 Å².